The van der Waals surface area contributed by atoms with Gasteiger partial charge in [0.1, 0.15) is 15.7 Å². The lowest BCUT2D eigenvalue weighted by Gasteiger charge is -2.16. The Morgan fingerprint density at radius 3 is 2.70 bits per heavy atom. The van der Waals surface area contributed by atoms with Crippen molar-refractivity contribution < 1.29 is 8.42 Å². The van der Waals surface area contributed by atoms with Gasteiger partial charge in [0.15, 0.2) is 0 Å². The van der Waals surface area contributed by atoms with E-state index in [1.54, 1.807) is 0 Å². The molecule has 1 atom stereocenters. The van der Waals surface area contributed by atoms with Gasteiger partial charge in [-0.3, -0.25) is 0 Å². The summed E-state index contributed by atoms with van der Waals surface area (Å²) < 4.78 is 25.1. The molecule has 0 N–H and O–H groups in total. The fraction of sp³-hybridized carbons (Fsp3) is 0.500. The van der Waals surface area contributed by atoms with Crippen LogP contribution in [0, 0.1) is 6.92 Å². The molecule has 1 heterocycles. The number of fused-ring (bicyclic) bond motifs is 1. The summed E-state index contributed by atoms with van der Waals surface area (Å²) >= 11 is 5.84. The van der Waals surface area contributed by atoms with E-state index in [-0.39, 0.29) is 11.8 Å². The number of halogens is 1. The van der Waals surface area contributed by atoms with Gasteiger partial charge in [0, 0.05) is 24.6 Å². The Kier molecular flexibility index (Phi) is 4.39. The first-order valence-corrected chi connectivity index (χ1v) is 9.13. The van der Waals surface area contributed by atoms with Gasteiger partial charge in [-0.25, -0.2) is 13.4 Å². The Labute approximate surface area is 124 Å². The number of sulfone groups is 1. The second kappa shape index (κ2) is 5.74. The molecule has 0 bridgehead atoms. The van der Waals surface area contributed by atoms with E-state index in [0.717, 1.165) is 22.4 Å². The third kappa shape index (κ3) is 3.15. The summed E-state index contributed by atoms with van der Waals surface area (Å²) in [6.07, 6.45) is 1.89. The minimum Gasteiger partial charge on any atom is -0.324 e. The summed E-state index contributed by atoms with van der Waals surface area (Å²) in [5, 5.41) is 0. The molecule has 0 aliphatic rings. The van der Waals surface area contributed by atoms with Crippen LogP contribution in [0.3, 0.4) is 0 Å². The van der Waals surface area contributed by atoms with Crippen LogP contribution < -0.4 is 0 Å². The van der Waals surface area contributed by atoms with Crippen molar-refractivity contribution in [3.8, 4) is 0 Å². The van der Waals surface area contributed by atoms with Crippen LogP contribution in [0.15, 0.2) is 18.2 Å². The normalized spacial score (nSPS) is 13.8. The Bertz CT molecular complexity index is 722. The summed E-state index contributed by atoms with van der Waals surface area (Å²) in [4.78, 5) is 4.64. The monoisotopic (exact) mass is 314 g/mol. The standard InChI is InChI=1S/C14H19ClN2O2S/c1-10-5-4-6-12-14(10)16-13(7-8-15)17(12)11(2)9-20(3,18)19/h4-6,11H,7-9H2,1-3H3. The number of alkyl halides is 1. The zero-order chi connectivity index (χ0) is 14.9. The van der Waals surface area contributed by atoms with Crippen molar-refractivity contribution in [1.82, 2.24) is 9.55 Å². The summed E-state index contributed by atoms with van der Waals surface area (Å²) in [6, 6.07) is 5.79. The third-order valence-electron chi connectivity index (χ3n) is 3.30. The molecule has 0 saturated heterocycles. The number of hydrogen-bond donors (Lipinski definition) is 0. The van der Waals surface area contributed by atoms with Gasteiger partial charge in [0.05, 0.1) is 16.8 Å². The third-order valence-corrected chi connectivity index (χ3v) is 4.57. The van der Waals surface area contributed by atoms with Crippen molar-refractivity contribution in [1.29, 1.82) is 0 Å². The maximum absolute atomic E-state index is 11.5. The van der Waals surface area contributed by atoms with Crippen molar-refractivity contribution in [2.45, 2.75) is 26.3 Å². The molecule has 20 heavy (non-hydrogen) atoms. The molecule has 1 aromatic heterocycles. The van der Waals surface area contributed by atoms with Crippen molar-refractivity contribution in [3.63, 3.8) is 0 Å². The first-order chi connectivity index (χ1) is 9.33. The van der Waals surface area contributed by atoms with E-state index in [0.29, 0.717) is 12.3 Å². The van der Waals surface area contributed by atoms with E-state index in [9.17, 15) is 8.42 Å². The maximum atomic E-state index is 11.5. The fourth-order valence-electron chi connectivity index (χ4n) is 2.57. The fourth-order valence-corrected chi connectivity index (χ4v) is 3.77. The smallest absolute Gasteiger partial charge is 0.149 e. The Balaban J connectivity index is 2.59. The van der Waals surface area contributed by atoms with E-state index in [2.05, 4.69) is 4.98 Å². The molecule has 0 aliphatic carbocycles. The number of aryl methyl sites for hydroxylation is 2. The van der Waals surface area contributed by atoms with E-state index >= 15 is 0 Å². The lowest BCUT2D eigenvalue weighted by atomic mass is 10.2. The van der Waals surface area contributed by atoms with E-state index in [4.69, 9.17) is 11.6 Å². The van der Waals surface area contributed by atoms with Crippen LogP contribution in [0.4, 0.5) is 0 Å². The van der Waals surface area contributed by atoms with Gasteiger partial charge in [-0.05, 0) is 25.5 Å². The molecule has 0 radical (unpaired) electrons. The molecule has 4 nitrogen and oxygen atoms in total. The van der Waals surface area contributed by atoms with Gasteiger partial charge in [-0.2, -0.15) is 0 Å². The molecule has 1 aromatic carbocycles. The lowest BCUT2D eigenvalue weighted by Crippen LogP contribution is -2.18. The number of imidazole rings is 1. The number of hydrogen-bond acceptors (Lipinski definition) is 3. The number of aromatic nitrogens is 2. The van der Waals surface area contributed by atoms with Crippen LogP contribution >= 0.6 is 11.6 Å². The number of rotatable bonds is 5. The predicted octanol–water partition coefficient (Wildman–Crippen LogP) is 2.73. The zero-order valence-corrected chi connectivity index (χ0v) is 13.5. The van der Waals surface area contributed by atoms with Crippen molar-refractivity contribution >= 4 is 32.5 Å². The molecular formula is C14H19ClN2O2S. The average molecular weight is 315 g/mol. The van der Waals surface area contributed by atoms with Crippen LogP contribution in [0.25, 0.3) is 11.0 Å². The summed E-state index contributed by atoms with van der Waals surface area (Å²) in [6.45, 7) is 3.91. The van der Waals surface area contributed by atoms with E-state index < -0.39 is 9.84 Å². The summed E-state index contributed by atoms with van der Waals surface area (Å²) in [7, 11) is -3.04. The van der Waals surface area contributed by atoms with Gasteiger partial charge < -0.3 is 4.57 Å². The highest BCUT2D eigenvalue weighted by Gasteiger charge is 2.19. The molecule has 1 unspecified atom stereocenters. The van der Waals surface area contributed by atoms with Gasteiger partial charge in [0.25, 0.3) is 0 Å². The highest BCUT2D eigenvalue weighted by Crippen LogP contribution is 2.25. The minimum absolute atomic E-state index is 0.0989. The van der Waals surface area contributed by atoms with Crippen molar-refractivity contribution in [2.75, 3.05) is 17.9 Å². The van der Waals surface area contributed by atoms with Crippen LogP contribution in [-0.2, 0) is 16.3 Å². The van der Waals surface area contributed by atoms with Crippen LogP contribution in [0.2, 0.25) is 0 Å². The summed E-state index contributed by atoms with van der Waals surface area (Å²) in [5.41, 5.74) is 2.98. The molecule has 110 valence electrons. The molecule has 2 aromatic rings. The van der Waals surface area contributed by atoms with Gasteiger partial charge in [-0.15, -0.1) is 11.6 Å². The molecule has 6 heteroatoms. The molecule has 0 spiro atoms. The van der Waals surface area contributed by atoms with Crippen LogP contribution in [-0.4, -0.2) is 35.9 Å². The Morgan fingerprint density at radius 1 is 1.40 bits per heavy atom. The zero-order valence-electron chi connectivity index (χ0n) is 11.9. The molecule has 0 aliphatic heterocycles. The molecule has 0 fully saturated rings. The molecule has 0 saturated carbocycles. The average Bonchev–Trinajstić information content (AvgIpc) is 2.67. The summed E-state index contributed by atoms with van der Waals surface area (Å²) in [5.74, 6) is 1.41. The first kappa shape index (κ1) is 15.3. The van der Waals surface area contributed by atoms with Gasteiger partial charge >= 0.3 is 0 Å². The first-order valence-electron chi connectivity index (χ1n) is 6.53. The number of nitrogens with zero attached hydrogens (tertiary/aromatic N) is 2. The van der Waals surface area contributed by atoms with Crippen molar-refractivity contribution in [3.05, 3.63) is 29.6 Å². The predicted molar refractivity (Wildman–Crippen MR) is 83.3 cm³/mol. The van der Waals surface area contributed by atoms with E-state index in [1.807, 2.05) is 36.6 Å². The van der Waals surface area contributed by atoms with Crippen molar-refractivity contribution in [2.24, 2.45) is 0 Å². The molecule has 2 rings (SSSR count). The molecular weight excluding hydrogens is 296 g/mol. The Hall–Kier alpha value is -1.07. The quantitative estimate of drug-likeness (QED) is 0.797. The van der Waals surface area contributed by atoms with Crippen LogP contribution in [0.5, 0.6) is 0 Å². The number of benzene rings is 1. The highest BCUT2D eigenvalue weighted by molar-refractivity contribution is 7.90. The second-order valence-electron chi connectivity index (χ2n) is 5.22. The minimum atomic E-state index is -3.04. The van der Waals surface area contributed by atoms with Gasteiger partial charge in [0.2, 0.25) is 0 Å². The van der Waals surface area contributed by atoms with Crippen LogP contribution in [0.1, 0.15) is 24.4 Å². The maximum Gasteiger partial charge on any atom is 0.149 e. The second-order valence-corrected chi connectivity index (χ2v) is 7.78. The SMILES string of the molecule is Cc1cccc2c1nc(CCCl)n2C(C)CS(C)(=O)=O. The number of para-hydroxylation sites is 1. The molecule has 0 amide bonds. The highest BCUT2D eigenvalue weighted by atomic mass is 35.5. The topological polar surface area (TPSA) is 52.0 Å². The lowest BCUT2D eigenvalue weighted by molar-refractivity contribution is 0.557. The Morgan fingerprint density at radius 2 is 2.10 bits per heavy atom. The largest absolute Gasteiger partial charge is 0.324 e. The van der Waals surface area contributed by atoms with Gasteiger partial charge in [-0.1, -0.05) is 12.1 Å². The van der Waals surface area contributed by atoms with E-state index in [1.165, 1.54) is 6.26 Å².